The minimum absolute atomic E-state index is 0.237. The highest BCUT2D eigenvalue weighted by atomic mass is 16.5. The number of hydrogen-bond acceptors (Lipinski definition) is 4. The summed E-state index contributed by atoms with van der Waals surface area (Å²) in [6, 6.07) is 11.0. The summed E-state index contributed by atoms with van der Waals surface area (Å²) in [5.74, 6) is 0.491. The number of hydrogen-bond donors (Lipinski definition) is 2. The number of aromatic nitrogens is 1. The lowest BCUT2D eigenvalue weighted by Crippen LogP contribution is -2.24. The summed E-state index contributed by atoms with van der Waals surface area (Å²) in [5, 5.41) is 5.90. The lowest BCUT2D eigenvalue weighted by molar-refractivity contribution is 0.0953. The summed E-state index contributed by atoms with van der Waals surface area (Å²) in [6.45, 7) is 3.96. The summed E-state index contributed by atoms with van der Waals surface area (Å²) in [5.41, 5.74) is 1.93. The Hall–Kier alpha value is -2.82. The van der Waals surface area contributed by atoms with Gasteiger partial charge in [0.15, 0.2) is 0 Å². The average Bonchev–Trinajstić information content (AvgIpc) is 2.53. The molecular formula is C16H17N3O2. The van der Waals surface area contributed by atoms with Crippen molar-refractivity contribution in [2.24, 2.45) is 0 Å². The maximum atomic E-state index is 11.9. The van der Waals surface area contributed by atoms with Crippen LogP contribution in [0.1, 0.15) is 10.5 Å². The third-order valence-electron chi connectivity index (χ3n) is 2.79. The minimum Gasteiger partial charge on any atom is -0.495 e. The summed E-state index contributed by atoms with van der Waals surface area (Å²) in [7, 11) is 1.61. The van der Waals surface area contributed by atoms with Crippen molar-refractivity contribution in [2.45, 2.75) is 0 Å². The van der Waals surface area contributed by atoms with Gasteiger partial charge >= 0.3 is 0 Å². The van der Waals surface area contributed by atoms with Crippen molar-refractivity contribution in [2.75, 3.05) is 19.0 Å². The van der Waals surface area contributed by atoms with E-state index in [4.69, 9.17) is 4.74 Å². The summed E-state index contributed by atoms with van der Waals surface area (Å²) in [4.78, 5) is 15.9. The Balaban J connectivity index is 2.17. The van der Waals surface area contributed by atoms with E-state index in [1.54, 1.807) is 31.5 Å². The van der Waals surface area contributed by atoms with Crippen LogP contribution in [0.4, 0.5) is 11.4 Å². The summed E-state index contributed by atoms with van der Waals surface area (Å²) >= 11 is 0. The number of nitrogens with one attached hydrogen (secondary N) is 2. The van der Waals surface area contributed by atoms with Gasteiger partial charge in [-0.1, -0.05) is 18.2 Å². The first-order valence-electron chi connectivity index (χ1n) is 6.50. The zero-order chi connectivity index (χ0) is 15.1. The Morgan fingerprint density at radius 2 is 2.19 bits per heavy atom. The highest BCUT2D eigenvalue weighted by Gasteiger charge is 2.08. The molecule has 2 N–H and O–H groups in total. The number of nitrogens with zero attached hydrogens (tertiary/aromatic N) is 1. The first-order chi connectivity index (χ1) is 10.2. The van der Waals surface area contributed by atoms with Gasteiger partial charge < -0.3 is 15.4 Å². The monoisotopic (exact) mass is 283 g/mol. The molecule has 2 rings (SSSR count). The van der Waals surface area contributed by atoms with Gasteiger partial charge in [0.1, 0.15) is 11.4 Å². The number of carbonyl (C=O) groups excluding carboxylic acids is 1. The van der Waals surface area contributed by atoms with Crippen LogP contribution in [0.2, 0.25) is 0 Å². The minimum atomic E-state index is -0.237. The summed E-state index contributed by atoms with van der Waals surface area (Å²) in [6.07, 6.45) is 3.20. The van der Waals surface area contributed by atoms with E-state index in [9.17, 15) is 4.79 Å². The highest BCUT2D eigenvalue weighted by Crippen LogP contribution is 2.26. The Labute approximate surface area is 123 Å². The molecule has 0 atom stereocenters. The Bertz CT molecular complexity index is 641. The van der Waals surface area contributed by atoms with Crippen molar-refractivity contribution in [3.8, 4) is 5.75 Å². The number of benzene rings is 1. The van der Waals surface area contributed by atoms with Crippen LogP contribution in [-0.2, 0) is 0 Å². The Morgan fingerprint density at radius 3 is 2.95 bits per heavy atom. The SMILES string of the molecule is C=CCNC(=O)c1cc(Nc2ccccc2OC)ccn1. The topological polar surface area (TPSA) is 63.2 Å². The number of para-hydroxylation sites is 2. The van der Waals surface area contributed by atoms with Gasteiger partial charge in [0.25, 0.3) is 5.91 Å². The largest absolute Gasteiger partial charge is 0.495 e. The molecule has 0 unspecified atom stereocenters. The molecule has 5 nitrogen and oxygen atoms in total. The van der Waals surface area contributed by atoms with Crippen LogP contribution in [0.25, 0.3) is 0 Å². The van der Waals surface area contributed by atoms with E-state index in [1.807, 2.05) is 24.3 Å². The second-order valence-electron chi connectivity index (χ2n) is 4.25. The molecule has 0 spiro atoms. The molecule has 0 radical (unpaired) electrons. The fourth-order valence-electron chi connectivity index (χ4n) is 1.79. The normalized spacial score (nSPS) is 9.76. The smallest absolute Gasteiger partial charge is 0.270 e. The molecule has 2 aromatic rings. The fraction of sp³-hybridized carbons (Fsp3) is 0.125. The zero-order valence-corrected chi connectivity index (χ0v) is 11.8. The van der Waals surface area contributed by atoms with Crippen LogP contribution in [0.5, 0.6) is 5.75 Å². The fourth-order valence-corrected chi connectivity index (χ4v) is 1.79. The van der Waals surface area contributed by atoms with Crippen molar-refractivity contribution in [3.05, 3.63) is 60.9 Å². The van der Waals surface area contributed by atoms with Crippen LogP contribution in [0.3, 0.4) is 0 Å². The predicted octanol–water partition coefficient (Wildman–Crippen LogP) is 2.75. The van der Waals surface area contributed by atoms with Gasteiger partial charge in [-0.25, -0.2) is 0 Å². The van der Waals surface area contributed by atoms with E-state index in [0.29, 0.717) is 12.2 Å². The standard InChI is InChI=1S/C16H17N3O2/c1-3-9-18-16(20)14-11-12(8-10-17-14)19-13-6-4-5-7-15(13)21-2/h3-8,10-11H,1,9H2,2H3,(H,17,19)(H,18,20). The van der Waals surface area contributed by atoms with Crippen molar-refractivity contribution >= 4 is 17.3 Å². The number of amides is 1. The molecule has 0 fully saturated rings. The zero-order valence-electron chi connectivity index (χ0n) is 11.8. The van der Waals surface area contributed by atoms with Crippen molar-refractivity contribution in [1.29, 1.82) is 0 Å². The van der Waals surface area contributed by atoms with Crippen LogP contribution >= 0.6 is 0 Å². The molecular weight excluding hydrogens is 266 g/mol. The molecule has 108 valence electrons. The molecule has 1 amide bonds. The van der Waals surface area contributed by atoms with Crippen LogP contribution in [0.15, 0.2) is 55.3 Å². The number of carbonyl (C=O) groups is 1. The van der Waals surface area contributed by atoms with Crippen LogP contribution < -0.4 is 15.4 Å². The third kappa shape index (κ3) is 3.82. The first-order valence-corrected chi connectivity index (χ1v) is 6.50. The van der Waals surface area contributed by atoms with Crippen molar-refractivity contribution in [1.82, 2.24) is 10.3 Å². The molecule has 0 saturated heterocycles. The third-order valence-corrected chi connectivity index (χ3v) is 2.79. The van der Waals surface area contributed by atoms with Gasteiger partial charge in [0, 0.05) is 18.4 Å². The lowest BCUT2D eigenvalue weighted by Gasteiger charge is -2.11. The van der Waals surface area contributed by atoms with Crippen LogP contribution in [-0.4, -0.2) is 24.5 Å². The maximum Gasteiger partial charge on any atom is 0.270 e. The van der Waals surface area contributed by atoms with E-state index < -0.39 is 0 Å². The highest BCUT2D eigenvalue weighted by molar-refractivity contribution is 5.93. The molecule has 0 bridgehead atoms. The molecule has 21 heavy (non-hydrogen) atoms. The second-order valence-corrected chi connectivity index (χ2v) is 4.25. The number of anilines is 2. The van der Waals surface area contributed by atoms with Gasteiger partial charge in [0.2, 0.25) is 0 Å². The van der Waals surface area contributed by atoms with Gasteiger partial charge in [-0.15, -0.1) is 6.58 Å². The number of rotatable bonds is 6. The number of methoxy groups -OCH3 is 1. The molecule has 5 heteroatoms. The average molecular weight is 283 g/mol. The van der Waals surface area contributed by atoms with E-state index in [1.165, 1.54) is 0 Å². The maximum absolute atomic E-state index is 11.9. The molecule has 0 aliphatic rings. The molecule has 1 aromatic carbocycles. The van der Waals surface area contributed by atoms with Gasteiger partial charge in [-0.05, 0) is 24.3 Å². The van der Waals surface area contributed by atoms with Gasteiger partial charge in [-0.3, -0.25) is 9.78 Å². The van der Waals surface area contributed by atoms with E-state index >= 15 is 0 Å². The lowest BCUT2D eigenvalue weighted by atomic mass is 10.2. The van der Waals surface area contributed by atoms with Crippen LogP contribution in [0, 0.1) is 0 Å². The predicted molar refractivity (Wildman–Crippen MR) is 83.0 cm³/mol. The molecule has 1 heterocycles. The Morgan fingerprint density at radius 1 is 1.38 bits per heavy atom. The van der Waals surface area contributed by atoms with E-state index in [0.717, 1.165) is 17.1 Å². The second kappa shape index (κ2) is 7.09. The Kier molecular flexibility index (Phi) is 4.93. The molecule has 1 aromatic heterocycles. The molecule has 0 aliphatic heterocycles. The molecule has 0 aliphatic carbocycles. The molecule has 0 saturated carbocycles. The number of pyridine rings is 1. The van der Waals surface area contributed by atoms with Gasteiger partial charge in [-0.2, -0.15) is 0 Å². The first kappa shape index (κ1) is 14.6. The quantitative estimate of drug-likeness (QED) is 0.800. The van der Waals surface area contributed by atoms with E-state index in [-0.39, 0.29) is 5.91 Å². The van der Waals surface area contributed by atoms with Gasteiger partial charge in [0.05, 0.1) is 12.8 Å². The van der Waals surface area contributed by atoms with E-state index in [2.05, 4.69) is 22.2 Å². The van der Waals surface area contributed by atoms with Crippen molar-refractivity contribution in [3.63, 3.8) is 0 Å². The van der Waals surface area contributed by atoms with Crippen molar-refractivity contribution < 1.29 is 9.53 Å². The number of ether oxygens (including phenoxy) is 1. The summed E-state index contributed by atoms with van der Waals surface area (Å²) < 4.78 is 5.28.